The van der Waals surface area contributed by atoms with Crippen LogP contribution < -0.4 is 5.43 Å². The molecule has 1 aliphatic rings. The SMILES string of the molecule is O=C(OCCNN1CCCCC1)C(O)(c1ccccc1)c1ccccc1. The van der Waals surface area contributed by atoms with Crippen LogP contribution in [-0.2, 0) is 15.1 Å². The number of piperidine rings is 1. The van der Waals surface area contributed by atoms with Crippen molar-refractivity contribution in [1.82, 2.24) is 10.4 Å². The zero-order chi connectivity index (χ0) is 18.2. The normalized spacial score (nSPS) is 15.6. The van der Waals surface area contributed by atoms with E-state index in [-0.39, 0.29) is 6.61 Å². The highest BCUT2D eigenvalue weighted by Gasteiger charge is 2.41. The smallest absolute Gasteiger partial charge is 0.347 e. The van der Waals surface area contributed by atoms with Crippen molar-refractivity contribution < 1.29 is 14.6 Å². The second-order valence-electron chi connectivity index (χ2n) is 6.53. The number of esters is 1. The summed E-state index contributed by atoms with van der Waals surface area (Å²) in [5, 5.41) is 13.4. The minimum Gasteiger partial charge on any atom is -0.462 e. The van der Waals surface area contributed by atoms with Crippen molar-refractivity contribution in [2.24, 2.45) is 0 Å². The van der Waals surface area contributed by atoms with Crippen molar-refractivity contribution >= 4 is 5.97 Å². The molecule has 3 rings (SSSR count). The maximum atomic E-state index is 12.8. The van der Waals surface area contributed by atoms with Gasteiger partial charge in [-0.15, -0.1) is 0 Å². The summed E-state index contributed by atoms with van der Waals surface area (Å²) in [6.07, 6.45) is 3.65. The van der Waals surface area contributed by atoms with Gasteiger partial charge in [-0.05, 0) is 24.0 Å². The summed E-state index contributed by atoms with van der Waals surface area (Å²) < 4.78 is 5.43. The minimum atomic E-state index is -1.81. The molecule has 5 nitrogen and oxygen atoms in total. The van der Waals surface area contributed by atoms with E-state index < -0.39 is 11.6 Å². The molecule has 26 heavy (non-hydrogen) atoms. The third kappa shape index (κ3) is 4.30. The molecule has 2 N–H and O–H groups in total. The number of rotatable bonds is 7. The van der Waals surface area contributed by atoms with Crippen molar-refractivity contribution in [3.63, 3.8) is 0 Å². The van der Waals surface area contributed by atoms with Crippen molar-refractivity contribution in [3.8, 4) is 0 Å². The van der Waals surface area contributed by atoms with Gasteiger partial charge in [0.1, 0.15) is 6.61 Å². The van der Waals surface area contributed by atoms with Gasteiger partial charge in [-0.1, -0.05) is 67.1 Å². The lowest BCUT2D eigenvalue weighted by atomic mass is 9.86. The van der Waals surface area contributed by atoms with Crippen molar-refractivity contribution in [1.29, 1.82) is 0 Å². The highest BCUT2D eigenvalue weighted by molar-refractivity contribution is 5.85. The molecule has 0 bridgehead atoms. The Balaban J connectivity index is 1.66. The van der Waals surface area contributed by atoms with Crippen LogP contribution in [0, 0.1) is 0 Å². The van der Waals surface area contributed by atoms with Crippen molar-refractivity contribution in [3.05, 3.63) is 71.8 Å². The Morgan fingerprint density at radius 1 is 0.962 bits per heavy atom. The summed E-state index contributed by atoms with van der Waals surface area (Å²) in [6.45, 7) is 2.78. The Hall–Kier alpha value is -2.21. The lowest BCUT2D eigenvalue weighted by molar-refractivity contribution is -0.162. The first kappa shape index (κ1) is 18.6. The van der Waals surface area contributed by atoms with Gasteiger partial charge in [-0.3, -0.25) is 5.43 Å². The first-order valence-electron chi connectivity index (χ1n) is 9.20. The molecule has 0 saturated carbocycles. The molecule has 0 aromatic heterocycles. The lowest BCUT2D eigenvalue weighted by Crippen LogP contribution is -2.44. The van der Waals surface area contributed by atoms with Crippen LogP contribution in [0.5, 0.6) is 0 Å². The highest BCUT2D eigenvalue weighted by atomic mass is 16.5. The van der Waals surface area contributed by atoms with E-state index in [2.05, 4.69) is 10.4 Å². The average Bonchev–Trinajstić information content (AvgIpc) is 2.72. The van der Waals surface area contributed by atoms with E-state index in [1.807, 2.05) is 12.1 Å². The van der Waals surface area contributed by atoms with Crippen LogP contribution in [0.1, 0.15) is 30.4 Å². The summed E-state index contributed by atoms with van der Waals surface area (Å²) in [5.41, 5.74) is 2.47. The van der Waals surface area contributed by atoms with Crippen LogP contribution in [0.3, 0.4) is 0 Å². The largest absolute Gasteiger partial charge is 0.462 e. The number of ether oxygens (including phenoxy) is 1. The van der Waals surface area contributed by atoms with Crippen LogP contribution in [0.2, 0.25) is 0 Å². The second kappa shape index (κ2) is 8.94. The summed E-state index contributed by atoms with van der Waals surface area (Å²) in [5.74, 6) is -0.657. The van der Waals surface area contributed by atoms with Gasteiger partial charge in [-0.25, -0.2) is 9.80 Å². The molecule has 2 aromatic carbocycles. The van der Waals surface area contributed by atoms with Crippen LogP contribution >= 0.6 is 0 Å². The first-order valence-corrected chi connectivity index (χ1v) is 9.20. The zero-order valence-electron chi connectivity index (χ0n) is 14.9. The molecule has 0 atom stereocenters. The van der Waals surface area contributed by atoms with Crippen LogP contribution in [-0.4, -0.2) is 42.3 Å². The van der Waals surface area contributed by atoms with Gasteiger partial charge in [0.2, 0.25) is 5.60 Å². The lowest BCUT2D eigenvalue weighted by Gasteiger charge is -2.28. The Labute approximate surface area is 154 Å². The van der Waals surface area contributed by atoms with E-state index in [4.69, 9.17) is 4.74 Å². The predicted octanol–water partition coefficient (Wildman–Crippen LogP) is 2.46. The van der Waals surface area contributed by atoms with E-state index in [9.17, 15) is 9.90 Å². The van der Waals surface area contributed by atoms with Crippen molar-refractivity contribution in [2.45, 2.75) is 24.9 Å². The number of carbonyl (C=O) groups is 1. The summed E-state index contributed by atoms with van der Waals surface area (Å²) in [7, 11) is 0. The molecular weight excluding hydrogens is 328 g/mol. The molecule has 2 aromatic rings. The average molecular weight is 354 g/mol. The minimum absolute atomic E-state index is 0.206. The molecule has 1 heterocycles. The van der Waals surface area contributed by atoms with Gasteiger partial charge in [0.25, 0.3) is 0 Å². The monoisotopic (exact) mass is 354 g/mol. The predicted molar refractivity (Wildman–Crippen MR) is 100 cm³/mol. The number of hydrogen-bond acceptors (Lipinski definition) is 5. The molecule has 1 saturated heterocycles. The molecule has 1 aliphatic heterocycles. The quantitative estimate of drug-likeness (QED) is 0.591. The molecular formula is C21H26N2O3. The van der Waals surface area contributed by atoms with Gasteiger partial charge in [0, 0.05) is 19.6 Å². The van der Waals surface area contributed by atoms with E-state index in [0.29, 0.717) is 17.7 Å². The highest BCUT2D eigenvalue weighted by Crippen LogP contribution is 2.30. The number of aliphatic hydroxyl groups is 1. The molecule has 0 aliphatic carbocycles. The fourth-order valence-electron chi connectivity index (χ4n) is 3.27. The fourth-order valence-corrected chi connectivity index (χ4v) is 3.27. The Morgan fingerprint density at radius 2 is 1.50 bits per heavy atom. The summed E-state index contributed by atoms with van der Waals surface area (Å²) in [6, 6.07) is 17.8. The maximum Gasteiger partial charge on any atom is 0.347 e. The van der Waals surface area contributed by atoms with E-state index in [0.717, 1.165) is 13.1 Å². The van der Waals surface area contributed by atoms with E-state index in [1.165, 1.54) is 19.3 Å². The number of carbonyl (C=O) groups excluding carboxylic acids is 1. The van der Waals surface area contributed by atoms with Crippen LogP contribution in [0.25, 0.3) is 0 Å². The molecule has 0 spiro atoms. The molecule has 0 unspecified atom stereocenters. The van der Waals surface area contributed by atoms with Gasteiger partial charge >= 0.3 is 5.97 Å². The third-order valence-electron chi connectivity index (χ3n) is 4.71. The van der Waals surface area contributed by atoms with E-state index >= 15 is 0 Å². The van der Waals surface area contributed by atoms with Gasteiger partial charge in [-0.2, -0.15) is 0 Å². The standard InChI is InChI=1S/C21H26N2O3/c24-20(26-17-14-22-23-15-8-3-9-16-23)21(25,18-10-4-1-5-11-18)19-12-6-2-7-13-19/h1-2,4-7,10-13,22,25H,3,8-9,14-17H2. The van der Waals surface area contributed by atoms with Crippen LogP contribution in [0.15, 0.2) is 60.7 Å². The number of benzene rings is 2. The van der Waals surface area contributed by atoms with Gasteiger partial charge in [0.15, 0.2) is 0 Å². The number of hydrogen-bond donors (Lipinski definition) is 2. The summed E-state index contributed by atoms with van der Waals surface area (Å²) in [4.78, 5) is 12.8. The number of hydrazine groups is 1. The molecule has 0 amide bonds. The fraction of sp³-hybridized carbons (Fsp3) is 0.381. The number of nitrogens with one attached hydrogen (secondary N) is 1. The molecule has 5 heteroatoms. The topological polar surface area (TPSA) is 61.8 Å². The summed E-state index contributed by atoms with van der Waals surface area (Å²) >= 11 is 0. The maximum absolute atomic E-state index is 12.8. The Morgan fingerprint density at radius 3 is 2.04 bits per heavy atom. The Bertz CT molecular complexity index is 645. The van der Waals surface area contributed by atoms with Gasteiger partial charge < -0.3 is 9.84 Å². The number of nitrogens with zero attached hydrogens (tertiary/aromatic N) is 1. The van der Waals surface area contributed by atoms with Gasteiger partial charge in [0.05, 0.1) is 0 Å². The van der Waals surface area contributed by atoms with Crippen LogP contribution in [0.4, 0.5) is 0 Å². The third-order valence-corrected chi connectivity index (χ3v) is 4.71. The van der Waals surface area contributed by atoms with Crippen molar-refractivity contribution in [2.75, 3.05) is 26.2 Å². The molecule has 138 valence electrons. The molecule has 0 radical (unpaired) electrons. The Kier molecular flexibility index (Phi) is 6.39. The first-order chi connectivity index (χ1) is 12.7. The molecule has 1 fully saturated rings. The zero-order valence-corrected chi connectivity index (χ0v) is 14.9. The second-order valence-corrected chi connectivity index (χ2v) is 6.53. The van der Waals surface area contributed by atoms with E-state index in [1.54, 1.807) is 48.5 Å².